The van der Waals surface area contributed by atoms with Gasteiger partial charge in [0.2, 0.25) is 0 Å². The van der Waals surface area contributed by atoms with Crippen LogP contribution in [0.2, 0.25) is 5.02 Å². The minimum Gasteiger partial charge on any atom is -0.299 e. The van der Waals surface area contributed by atoms with Crippen molar-refractivity contribution in [3.05, 3.63) is 58.1 Å². The number of carbonyl (C=O) groups is 2. The molecule has 4 rings (SSSR count). The molecule has 0 N–H and O–H groups in total. The summed E-state index contributed by atoms with van der Waals surface area (Å²) in [5.74, 6) is -2.55. The van der Waals surface area contributed by atoms with E-state index in [1.807, 2.05) is 0 Å². The van der Waals surface area contributed by atoms with Crippen LogP contribution in [0.5, 0.6) is 0 Å². The van der Waals surface area contributed by atoms with E-state index in [2.05, 4.69) is 0 Å². The number of sulfone groups is 2. The number of fused-ring (bicyclic) bond motifs is 1. The van der Waals surface area contributed by atoms with Crippen LogP contribution in [0.25, 0.3) is 0 Å². The molecule has 1 aliphatic carbocycles. The summed E-state index contributed by atoms with van der Waals surface area (Å²) in [4.78, 5) is 26.5. The molecule has 164 valence electrons. The summed E-state index contributed by atoms with van der Waals surface area (Å²) >= 11 is 6.40. The zero-order valence-electron chi connectivity index (χ0n) is 16.8. The quantitative estimate of drug-likeness (QED) is 0.491. The van der Waals surface area contributed by atoms with E-state index < -0.39 is 42.4 Å². The highest BCUT2D eigenvalue weighted by atomic mass is 35.5. The zero-order valence-corrected chi connectivity index (χ0v) is 19.2. The molecule has 1 saturated carbocycles. The Balaban J connectivity index is 1.79. The van der Waals surface area contributed by atoms with Gasteiger partial charge in [0.1, 0.15) is 5.78 Å². The first-order chi connectivity index (χ1) is 14.6. The number of carbonyl (C=O) groups excluding carboxylic acids is 2. The lowest BCUT2D eigenvalue weighted by Gasteiger charge is -2.30. The van der Waals surface area contributed by atoms with Gasteiger partial charge in [-0.3, -0.25) is 9.59 Å². The third-order valence-corrected chi connectivity index (χ3v) is 10.7. The molecule has 31 heavy (non-hydrogen) atoms. The Morgan fingerprint density at radius 1 is 1.10 bits per heavy atom. The smallest absolute Gasteiger partial charge is 0.182 e. The SMILES string of the molecule is Cc1ccccc1S(=O)(=O)C1CCCC(=O)C1C(=O)c1ccc2c(c1Cl)CCS2(=O)=O. The van der Waals surface area contributed by atoms with Crippen molar-refractivity contribution in [2.24, 2.45) is 5.92 Å². The van der Waals surface area contributed by atoms with Gasteiger partial charge in [0.05, 0.1) is 31.7 Å². The van der Waals surface area contributed by atoms with E-state index in [4.69, 9.17) is 11.6 Å². The molecule has 1 heterocycles. The molecule has 2 unspecified atom stereocenters. The van der Waals surface area contributed by atoms with Gasteiger partial charge >= 0.3 is 0 Å². The topological polar surface area (TPSA) is 102 Å². The van der Waals surface area contributed by atoms with Crippen molar-refractivity contribution in [3.63, 3.8) is 0 Å². The third kappa shape index (κ3) is 3.64. The molecule has 9 heteroatoms. The Labute approximate surface area is 186 Å². The van der Waals surface area contributed by atoms with Crippen molar-refractivity contribution in [2.45, 2.75) is 47.6 Å². The van der Waals surface area contributed by atoms with Gasteiger partial charge in [-0.2, -0.15) is 0 Å². The summed E-state index contributed by atoms with van der Waals surface area (Å²) in [7, 11) is -7.39. The number of Topliss-reactive ketones (excluding diaryl/α,β-unsaturated/α-hetero) is 2. The standard InChI is InChI=1S/C22H21ClO6S2/c1-13-5-2-3-7-17(13)31(28,29)19-8-4-6-16(24)20(19)22(25)15-9-10-18-14(21(15)23)11-12-30(18,26)27/h2-3,5,7,9-10,19-20H,4,6,8,11-12H2,1H3. The number of aryl methyl sites for hydroxylation is 1. The maximum atomic E-state index is 13.4. The molecule has 0 saturated heterocycles. The van der Waals surface area contributed by atoms with Gasteiger partial charge in [0.25, 0.3) is 0 Å². The molecule has 0 amide bonds. The number of rotatable bonds is 4. The predicted octanol–water partition coefficient (Wildman–Crippen LogP) is 3.37. The Bertz CT molecular complexity index is 1310. The molecule has 1 aliphatic heterocycles. The van der Waals surface area contributed by atoms with Gasteiger partial charge in [-0.15, -0.1) is 0 Å². The van der Waals surface area contributed by atoms with Gasteiger partial charge < -0.3 is 0 Å². The summed E-state index contributed by atoms with van der Waals surface area (Å²) in [6, 6.07) is 9.12. The van der Waals surface area contributed by atoms with E-state index >= 15 is 0 Å². The molecule has 2 aromatic rings. The second kappa shape index (κ2) is 7.83. The number of halogens is 1. The molecular weight excluding hydrogens is 460 g/mol. The third-order valence-electron chi connectivity index (χ3n) is 6.13. The lowest BCUT2D eigenvalue weighted by molar-refractivity contribution is -0.122. The summed E-state index contributed by atoms with van der Waals surface area (Å²) in [6.45, 7) is 1.67. The molecule has 2 aromatic carbocycles. The van der Waals surface area contributed by atoms with E-state index in [-0.39, 0.29) is 45.4 Å². The van der Waals surface area contributed by atoms with E-state index in [0.717, 1.165) is 0 Å². The van der Waals surface area contributed by atoms with Gasteiger partial charge in [0.15, 0.2) is 25.5 Å². The second-order valence-electron chi connectivity index (χ2n) is 8.02. The van der Waals surface area contributed by atoms with E-state index in [9.17, 15) is 26.4 Å². The Morgan fingerprint density at radius 3 is 2.52 bits per heavy atom. The summed E-state index contributed by atoms with van der Waals surface area (Å²) in [5.41, 5.74) is 0.907. The molecule has 1 fully saturated rings. The van der Waals surface area contributed by atoms with Crippen LogP contribution >= 0.6 is 11.6 Å². The molecule has 0 aromatic heterocycles. The fourth-order valence-corrected chi connectivity index (χ4v) is 8.71. The first-order valence-electron chi connectivity index (χ1n) is 9.96. The van der Waals surface area contributed by atoms with E-state index in [1.165, 1.54) is 18.2 Å². The Kier molecular flexibility index (Phi) is 5.60. The second-order valence-corrected chi connectivity index (χ2v) is 12.6. The number of hydrogen-bond acceptors (Lipinski definition) is 6. The van der Waals surface area contributed by atoms with Crippen LogP contribution in [-0.2, 0) is 30.9 Å². The Morgan fingerprint density at radius 2 is 1.81 bits per heavy atom. The van der Waals surface area contributed by atoms with Crippen LogP contribution in [-0.4, -0.2) is 39.4 Å². The zero-order chi connectivity index (χ0) is 22.6. The Hall–Kier alpha value is -2.03. The van der Waals surface area contributed by atoms with Crippen LogP contribution in [0.15, 0.2) is 46.2 Å². The molecule has 6 nitrogen and oxygen atoms in total. The van der Waals surface area contributed by atoms with E-state index in [1.54, 1.807) is 25.1 Å². The highest BCUT2D eigenvalue weighted by Gasteiger charge is 2.46. The number of benzene rings is 2. The number of ketones is 2. The highest BCUT2D eigenvalue weighted by Crippen LogP contribution is 2.38. The van der Waals surface area contributed by atoms with Crippen LogP contribution in [0, 0.1) is 12.8 Å². The molecule has 2 atom stereocenters. The molecule has 0 radical (unpaired) electrons. The maximum Gasteiger partial charge on any atom is 0.182 e. The lowest BCUT2D eigenvalue weighted by Crippen LogP contribution is -2.43. The van der Waals surface area contributed by atoms with Crippen molar-refractivity contribution >= 4 is 42.8 Å². The van der Waals surface area contributed by atoms with E-state index in [0.29, 0.717) is 17.5 Å². The average Bonchev–Trinajstić information content (AvgIpc) is 3.03. The van der Waals surface area contributed by atoms with Crippen LogP contribution in [0.3, 0.4) is 0 Å². The molecular formula is C22H21ClO6S2. The maximum absolute atomic E-state index is 13.4. The molecule has 2 aliphatic rings. The van der Waals surface area contributed by atoms with Crippen molar-refractivity contribution in [1.29, 1.82) is 0 Å². The highest BCUT2D eigenvalue weighted by molar-refractivity contribution is 7.92. The van der Waals surface area contributed by atoms with Crippen LogP contribution < -0.4 is 0 Å². The van der Waals surface area contributed by atoms with Crippen LogP contribution in [0.4, 0.5) is 0 Å². The van der Waals surface area contributed by atoms with Crippen molar-refractivity contribution in [3.8, 4) is 0 Å². The van der Waals surface area contributed by atoms with Crippen molar-refractivity contribution in [1.82, 2.24) is 0 Å². The monoisotopic (exact) mass is 480 g/mol. The van der Waals surface area contributed by atoms with Gasteiger partial charge in [0, 0.05) is 12.0 Å². The molecule has 0 spiro atoms. The minimum atomic E-state index is -3.95. The predicted molar refractivity (Wildman–Crippen MR) is 116 cm³/mol. The largest absolute Gasteiger partial charge is 0.299 e. The van der Waals surface area contributed by atoms with Crippen molar-refractivity contribution < 1.29 is 26.4 Å². The fraction of sp³-hybridized carbons (Fsp3) is 0.364. The average molecular weight is 481 g/mol. The van der Waals surface area contributed by atoms with Gasteiger partial charge in [-0.25, -0.2) is 16.8 Å². The summed E-state index contributed by atoms with van der Waals surface area (Å²) < 4.78 is 51.2. The van der Waals surface area contributed by atoms with Crippen LogP contribution in [0.1, 0.15) is 40.7 Å². The normalized spacial score (nSPS) is 22.8. The minimum absolute atomic E-state index is 0.00255. The summed E-state index contributed by atoms with van der Waals surface area (Å²) in [5, 5.41) is -1.19. The summed E-state index contributed by atoms with van der Waals surface area (Å²) in [6.07, 6.45) is 0.874. The molecule has 0 bridgehead atoms. The fourth-order valence-electron chi connectivity index (χ4n) is 4.53. The number of hydrogen-bond donors (Lipinski definition) is 0. The first-order valence-corrected chi connectivity index (χ1v) is 13.5. The first kappa shape index (κ1) is 22.2. The lowest BCUT2D eigenvalue weighted by atomic mass is 9.82. The van der Waals surface area contributed by atoms with Gasteiger partial charge in [-0.05, 0) is 55.5 Å². The van der Waals surface area contributed by atoms with Gasteiger partial charge in [-0.1, -0.05) is 29.8 Å². The van der Waals surface area contributed by atoms with Crippen molar-refractivity contribution in [2.75, 3.05) is 5.75 Å².